The molecule has 2 aromatic heterocycles. The fourth-order valence-electron chi connectivity index (χ4n) is 6.17. The van der Waals surface area contributed by atoms with Gasteiger partial charge in [-0.05, 0) is 62.9 Å². The van der Waals surface area contributed by atoms with Crippen molar-refractivity contribution in [2.45, 2.75) is 50.9 Å². The maximum Gasteiger partial charge on any atom is 0.349 e. The van der Waals surface area contributed by atoms with Crippen molar-refractivity contribution in [3.05, 3.63) is 106 Å². The van der Waals surface area contributed by atoms with E-state index in [1.165, 1.54) is 4.90 Å². The number of carboxylic acid groups (broad SMARTS) is 1. The highest BCUT2D eigenvalue weighted by molar-refractivity contribution is 7.16. The lowest BCUT2D eigenvalue weighted by molar-refractivity contribution is 0.0478. The molecule has 3 heterocycles. The average molecular weight is 642 g/mol. The standard InChI is InChI=1S/C34H28ClN3O6S/c1-19(23-6-4-5-9-26(23)35)43-29-17-30(45-31(29)34(41)42)37-18-36-27-15-14-22(16-28(27)37)44-21-12-10-20(11-13-21)38-32(39)24-7-2-3-8-25(24)33(38)40/h2-9,14-21H,10-13H2,1H3,(H,41,42)/t19-,20-,21+/m1/s1. The van der Waals surface area contributed by atoms with Crippen molar-refractivity contribution in [3.8, 4) is 16.5 Å². The molecule has 7 rings (SSSR count). The van der Waals surface area contributed by atoms with E-state index in [2.05, 4.69) is 4.98 Å². The Labute approximate surface area is 267 Å². The summed E-state index contributed by atoms with van der Waals surface area (Å²) in [6.07, 6.45) is 3.85. The molecule has 1 aliphatic carbocycles. The molecule has 5 aromatic rings. The van der Waals surface area contributed by atoms with Gasteiger partial charge in [-0.25, -0.2) is 9.78 Å². The normalized spacial score (nSPS) is 18.7. The van der Waals surface area contributed by atoms with Crippen molar-refractivity contribution in [1.29, 1.82) is 0 Å². The van der Waals surface area contributed by atoms with Crippen LogP contribution in [0, 0.1) is 0 Å². The zero-order chi connectivity index (χ0) is 31.2. The number of aromatic carboxylic acids is 1. The molecule has 3 aromatic carbocycles. The highest BCUT2D eigenvalue weighted by Gasteiger charge is 2.41. The number of carbonyl (C=O) groups is 3. The summed E-state index contributed by atoms with van der Waals surface area (Å²) in [6, 6.07) is 21.5. The lowest BCUT2D eigenvalue weighted by Crippen LogP contribution is -2.43. The van der Waals surface area contributed by atoms with Crippen LogP contribution in [0.5, 0.6) is 11.5 Å². The molecular weight excluding hydrogens is 614 g/mol. The first kappa shape index (κ1) is 29.1. The Morgan fingerprint density at radius 2 is 1.67 bits per heavy atom. The summed E-state index contributed by atoms with van der Waals surface area (Å²) < 4.78 is 14.3. The van der Waals surface area contributed by atoms with Gasteiger partial charge in [0, 0.05) is 28.8 Å². The van der Waals surface area contributed by atoms with Gasteiger partial charge >= 0.3 is 5.97 Å². The average Bonchev–Trinajstić information content (AvgIpc) is 3.72. The van der Waals surface area contributed by atoms with Crippen LogP contribution < -0.4 is 9.47 Å². The van der Waals surface area contributed by atoms with Gasteiger partial charge in [-0.1, -0.05) is 41.9 Å². The summed E-state index contributed by atoms with van der Waals surface area (Å²) in [5, 5.41) is 11.1. The Bertz CT molecular complexity index is 1930. The SMILES string of the molecule is C[C@@H](Oc1cc(-n2cnc3ccc(O[C@H]4CC[C@@H](N5C(=O)c6ccccc6C5=O)CC4)cc32)sc1C(=O)O)c1ccccc1Cl. The van der Waals surface area contributed by atoms with Gasteiger partial charge in [-0.3, -0.25) is 19.1 Å². The number of rotatable bonds is 8. The van der Waals surface area contributed by atoms with Crippen LogP contribution in [0.25, 0.3) is 16.0 Å². The van der Waals surface area contributed by atoms with Gasteiger partial charge in [0.05, 0.1) is 28.3 Å². The quantitative estimate of drug-likeness (QED) is 0.174. The van der Waals surface area contributed by atoms with E-state index in [0.717, 1.165) is 27.9 Å². The molecule has 228 valence electrons. The number of amides is 2. The van der Waals surface area contributed by atoms with Gasteiger partial charge in [0.1, 0.15) is 28.9 Å². The Morgan fingerprint density at radius 1 is 0.978 bits per heavy atom. The van der Waals surface area contributed by atoms with Gasteiger partial charge in [0.2, 0.25) is 0 Å². The van der Waals surface area contributed by atoms with Crippen molar-refractivity contribution < 1.29 is 29.0 Å². The van der Waals surface area contributed by atoms with Crippen molar-refractivity contribution in [3.63, 3.8) is 0 Å². The van der Waals surface area contributed by atoms with Crippen molar-refractivity contribution >= 4 is 51.8 Å². The molecule has 11 heteroatoms. The first-order valence-corrected chi connectivity index (χ1v) is 15.9. The number of hydrogen-bond donors (Lipinski definition) is 1. The van der Waals surface area contributed by atoms with E-state index in [1.54, 1.807) is 42.7 Å². The molecular formula is C34H28ClN3O6S. The number of thiophene rings is 1. The van der Waals surface area contributed by atoms with Crippen LogP contribution in [-0.2, 0) is 0 Å². The first-order chi connectivity index (χ1) is 21.8. The van der Waals surface area contributed by atoms with Gasteiger partial charge in [0.25, 0.3) is 11.8 Å². The van der Waals surface area contributed by atoms with Crippen LogP contribution in [-0.4, -0.2) is 49.5 Å². The predicted octanol–water partition coefficient (Wildman–Crippen LogP) is 7.56. The number of imide groups is 1. The maximum atomic E-state index is 12.9. The van der Waals surface area contributed by atoms with Crippen molar-refractivity contribution in [2.75, 3.05) is 0 Å². The van der Waals surface area contributed by atoms with Gasteiger partial charge in [0.15, 0.2) is 4.88 Å². The minimum atomic E-state index is -1.09. The van der Waals surface area contributed by atoms with Gasteiger partial charge in [-0.2, -0.15) is 0 Å². The number of nitrogens with zero attached hydrogens (tertiary/aromatic N) is 3. The molecule has 1 aliphatic heterocycles. The molecule has 2 amide bonds. The fourth-order valence-corrected chi connectivity index (χ4v) is 7.37. The topological polar surface area (TPSA) is 111 Å². The third-order valence-corrected chi connectivity index (χ3v) is 9.87. The highest BCUT2D eigenvalue weighted by atomic mass is 35.5. The van der Waals surface area contributed by atoms with E-state index in [-0.39, 0.29) is 34.6 Å². The third kappa shape index (κ3) is 5.34. The van der Waals surface area contributed by atoms with Crippen LogP contribution in [0.4, 0.5) is 0 Å². The minimum absolute atomic E-state index is 0.0723. The summed E-state index contributed by atoms with van der Waals surface area (Å²) in [6.45, 7) is 1.83. The second-order valence-electron chi connectivity index (χ2n) is 11.2. The number of hydrogen-bond acceptors (Lipinski definition) is 7. The molecule has 1 fully saturated rings. The number of carbonyl (C=O) groups excluding carboxylic acids is 2. The van der Waals surface area contributed by atoms with Gasteiger partial charge < -0.3 is 14.6 Å². The molecule has 45 heavy (non-hydrogen) atoms. The number of benzene rings is 3. The highest BCUT2D eigenvalue weighted by Crippen LogP contribution is 2.38. The Morgan fingerprint density at radius 3 is 2.36 bits per heavy atom. The van der Waals surface area contributed by atoms with Crippen LogP contribution in [0.1, 0.15) is 74.7 Å². The number of imidazole rings is 1. The third-order valence-electron chi connectivity index (χ3n) is 8.42. The lowest BCUT2D eigenvalue weighted by Gasteiger charge is -2.33. The van der Waals surface area contributed by atoms with Gasteiger partial charge in [-0.15, -0.1) is 11.3 Å². The second-order valence-corrected chi connectivity index (χ2v) is 12.6. The van der Waals surface area contributed by atoms with E-state index in [9.17, 15) is 19.5 Å². The fraction of sp³-hybridized carbons (Fsp3) is 0.235. The molecule has 1 N–H and O–H groups in total. The van der Waals surface area contributed by atoms with Crippen LogP contribution in [0.2, 0.25) is 5.02 Å². The molecule has 2 aliphatic rings. The van der Waals surface area contributed by atoms with Crippen LogP contribution in [0.15, 0.2) is 79.1 Å². The molecule has 0 radical (unpaired) electrons. The Kier molecular flexibility index (Phi) is 7.55. The van der Waals surface area contributed by atoms with Crippen molar-refractivity contribution in [1.82, 2.24) is 14.5 Å². The molecule has 0 unspecified atom stereocenters. The monoisotopic (exact) mass is 641 g/mol. The first-order valence-electron chi connectivity index (χ1n) is 14.7. The molecule has 9 nitrogen and oxygen atoms in total. The molecule has 0 spiro atoms. The summed E-state index contributed by atoms with van der Waals surface area (Å²) in [5.74, 6) is -0.612. The summed E-state index contributed by atoms with van der Waals surface area (Å²) in [4.78, 5) is 44.0. The molecule has 0 saturated heterocycles. The number of fused-ring (bicyclic) bond motifs is 2. The predicted molar refractivity (Wildman–Crippen MR) is 170 cm³/mol. The van der Waals surface area contributed by atoms with E-state index in [1.807, 2.05) is 47.9 Å². The zero-order valence-corrected chi connectivity index (χ0v) is 25.8. The minimum Gasteiger partial charge on any atom is -0.490 e. The van der Waals surface area contributed by atoms with E-state index in [0.29, 0.717) is 52.6 Å². The molecule has 1 atom stereocenters. The van der Waals surface area contributed by atoms with E-state index in [4.69, 9.17) is 21.1 Å². The maximum absolute atomic E-state index is 12.9. The Hall–Kier alpha value is -4.67. The van der Waals surface area contributed by atoms with E-state index >= 15 is 0 Å². The summed E-state index contributed by atoms with van der Waals surface area (Å²) >= 11 is 7.44. The number of carboxylic acids is 1. The number of ether oxygens (including phenoxy) is 2. The lowest BCUT2D eigenvalue weighted by atomic mass is 9.91. The largest absolute Gasteiger partial charge is 0.490 e. The Balaban J connectivity index is 1.07. The zero-order valence-electron chi connectivity index (χ0n) is 24.2. The number of aromatic nitrogens is 2. The molecule has 0 bridgehead atoms. The van der Waals surface area contributed by atoms with Crippen LogP contribution in [0.3, 0.4) is 0 Å². The second kappa shape index (κ2) is 11.7. The summed E-state index contributed by atoms with van der Waals surface area (Å²) in [5.41, 5.74) is 3.20. The smallest absolute Gasteiger partial charge is 0.349 e. The number of halogens is 1. The van der Waals surface area contributed by atoms with Crippen LogP contribution >= 0.6 is 22.9 Å². The van der Waals surface area contributed by atoms with E-state index < -0.39 is 12.1 Å². The molecule has 1 saturated carbocycles. The summed E-state index contributed by atoms with van der Waals surface area (Å²) in [7, 11) is 0. The van der Waals surface area contributed by atoms with Crippen molar-refractivity contribution in [2.24, 2.45) is 0 Å².